The first-order valence-electron chi connectivity index (χ1n) is 8.43. The van der Waals surface area contributed by atoms with Gasteiger partial charge in [-0.2, -0.15) is 0 Å². The molecule has 0 aromatic heterocycles. The Morgan fingerprint density at radius 1 is 0.962 bits per heavy atom. The molecule has 0 heterocycles. The minimum absolute atomic E-state index is 0.0416. The number of carbonyl (C=O) groups excluding carboxylic acids is 2. The lowest BCUT2D eigenvalue weighted by Gasteiger charge is -2.22. The molecule has 138 valence electrons. The van der Waals surface area contributed by atoms with E-state index in [0.717, 1.165) is 11.3 Å². The van der Waals surface area contributed by atoms with E-state index in [1.54, 1.807) is 12.1 Å². The molecule has 0 unspecified atom stereocenters. The van der Waals surface area contributed by atoms with Crippen molar-refractivity contribution < 1.29 is 14.0 Å². The van der Waals surface area contributed by atoms with Crippen LogP contribution in [0.4, 0.5) is 15.8 Å². The topological polar surface area (TPSA) is 52.7 Å². The molecule has 0 aliphatic carbocycles. The molecular formula is C20H24FN3O2. The van der Waals surface area contributed by atoms with Crippen LogP contribution in [0.25, 0.3) is 0 Å². The van der Waals surface area contributed by atoms with E-state index in [2.05, 4.69) is 5.32 Å². The van der Waals surface area contributed by atoms with E-state index in [1.165, 1.54) is 24.0 Å². The number of nitrogens with zero attached hydrogens (tertiary/aromatic N) is 2. The summed E-state index contributed by atoms with van der Waals surface area (Å²) in [6.45, 7) is 1.82. The predicted octanol–water partition coefficient (Wildman–Crippen LogP) is 2.60. The van der Waals surface area contributed by atoms with E-state index in [9.17, 15) is 14.0 Å². The van der Waals surface area contributed by atoms with Gasteiger partial charge in [-0.3, -0.25) is 9.59 Å². The number of anilines is 2. The molecule has 2 aromatic carbocycles. The number of nitrogens with one attached hydrogen (secondary N) is 1. The zero-order valence-electron chi connectivity index (χ0n) is 15.3. The molecule has 0 aliphatic heterocycles. The summed E-state index contributed by atoms with van der Waals surface area (Å²) in [7, 11) is 3.87. The molecule has 5 nitrogen and oxygen atoms in total. The Balaban J connectivity index is 1.91. The van der Waals surface area contributed by atoms with Crippen LogP contribution in [0.15, 0.2) is 48.5 Å². The Hall–Kier alpha value is -2.89. The van der Waals surface area contributed by atoms with Crippen LogP contribution < -0.4 is 15.1 Å². The van der Waals surface area contributed by atoms with Gasteiger partial charge in [-0.05, 0) is 48.4 Å². The molecule has 0 aliphatic rings. The summed E-state index contributed by atoms with van der Waals surface area (Å²) < 4.78 is 12.9. The third kappa shape index (κ3) is 5.58. The second-order valence-corrected chi connectivity index (χ2v) is 6.24. The van der Waals surface area contributed by atoms with Gasteiger partial charge in [-0.1, -0.05) is 12.1 Å². The van der Waals surface area contributed by atoms with E-state index >= 15 is 0 Å². The van der Waals surface area contributed by atoms with Crippen LogP contribution >= 0.6 is 0 Å². The molecule has 1 N–H and O–H groups in total. The van der Waals surface area contributed by atoms with Gasteiger partial charge in [0, 0.05) is 38.9 Å². The Morgan fingerprint density at radius 3 is 2.08 bits per heavy atom. The van der Waals surface area contributed by atoms with Crippen LogP contribution in [0.2, 0.25) is 0 Å². The van der Waals surface area contributed by atoms with Crippen molar-refractivity contribution in [2.24, 2.45) is 0 Å². The molecule has 0 radical (unpaired) electrons. The van der Waals surface area contributed by atoms with E-state index in [-0.39, 0.29) is 24.2 Å². The highest BCUT2D eigenvalue weighted by Gasteiger charge is 2.15. The smallest absolute Gasteiger partial charge is 0.240 e. The molecule has 0 saturated heterocycles. The lowest BCUT2D eigenvalue weighted by Crippen LogP contribution is -2.40. The summed E-state index contributed by atoms with van der Waals surface area (Å²) in [6, 6.07) is 13.6. The third-order valence-corrected chi connectivity index (χ3v) is 4.01. The Bertz CT molecular complexity index is 743. The fraction of sp³-hybridized carbons (Fsp3) is 0.300. The highest BCUT2D eigenvalue weighted by atomic mass is 19.1. The van der Waals surface area contributed by atoms with Crippen molar-refractivity contribution >= 4 is 23.2 Å². The van der Waals surface area contributed by atoms with E-state index in [1.807, 2.05) is 43.3 Å². The number of hydrogen-bond donors (Lipinski definition) is 1. The van der Waals surface area contributed by atoms with Gasteiger partial charge in [-0.15, -0.1) is 0 Å². The largest absolute Gasteiger partial charge is 0.378 e. The molecule has 6 heteroatoms. The number of hydrogen-bond acceptors (Lipinski definition) is 3. The molecule has 2 amide bonds. The first-order chi connectivity index (χ1) is 12.4. The van der Waals surface area contributed by atoms with Crippen molar-refractivity contribution in [3.63, 3.8) is 0 Å². The fourth-order valence-electron chi connectivity index (χ4n) is 2.51. The predicted molar refractivity (Wildman–Crippen MR) is 102 cm³/mol. The highest BCUT2D eigenvalue weighted by molar-refractivity contribution is 5.97. The Morgan fingerprint density at radius 2 is 1.54 bits per heavy atom. The maximum Gasteiger partial charge on any atom is 0.240 e. The average molecular weight is 357 g/mol. The summed E-state index contributed by atoms with van der Waals surface area (Å²) in [5, 5.41) is 2.80. The fourth-order valence-corrected chi connectivity index (χ4v) is 2.51. The number of benzene rings is 2. The normalized spacial score (nSPS) is 10.3. The van der Waals surface area contributed by atoms with Gasteiger partial charge in [-0.25, -0.2) is 4.39 Å². The number of rotatable bonds is 7. The molecule has 0 saturated carbocycles. The second-order valence-electron chi connectivity index (χ2n) is 6.24. The van der Waals surface area contributed by atoms with E-state index < -0.39 is 0 Å². The maximum absolute atomic E-state index is 12.9. The molecule has 0 fully saturated rings. The molecule has 0 spiro atoms. The SMILES string of the molecule is CC(=O)N(CC(=O)NCCc1ccc(F)cc1)c1ccc(N(C)C)cc1. The Kier molecular flexibility index (Phi) is 6.72. The van der Waals surface area contributed by atoms with E-state index in [0.29, 0.717) is 18.7 Å². The van der Waals surface area contributed by atoms with Crippen LogP contribution in [0.5, 0.6) is 0 Å². The zero-order chi connectivity index (χ0) is 19.1. The highest BCUT2D eigenvalue weighted by Crippen LogP contribution is 2.19. The number of carbonyl (C=O) groups is 2. The van der Waals surface area contributed by atoms with Gasteiger partial charge in [0.2, 0.25) is 11.8 Å². The van der Waals surface area contributed by atoms with Crippen molar-refractivity contribution in [3.8, 4) is 0 Å². The van der Waals surface area contributed by atoms with Gasteiger partial charge in [0.1, 0.15) is 12.4 Å². The monoisotopic (exact) mass is 357 g/mol. The third-order valence-electron chi connectivity index (χ3n) is 4.01. The van der Waals surface area contributed by atoms with Crippen molar-refractivity contribution in [3.05, 3.63) is 59.9 Å². The lowest BCUT2D eigenvalue weighted by molar-refractivity contribution is -0.123. The average Bonchev–Trinajstić information content (AvgIpc) is 2.61. The van der Waals surface area contributed by atoms with Crippen LogP contribution in [-0.2, 0) is 16.0 Å². The summed E-state index contributed by atoms with van der Waals surface area (Å²) >= 11 is 0. The minimum Gasteiger partial charge on any atom is -0.378 e. The van der Waals surface area contributed by atoms with Crippen LogP contribution in [-0.4, -0.2) is 39.0 Å². The minimum atomic E-state index is -0.282. The van der Waals surface area contributed by atoms with Gasteiger partial charge >= 0.3 is 0 Å². The first-order valence-corrected chi connectivity index (χ1v) is 8.43. The summed E-state index contributed by atoms with van der Waals surface area (Å²) in [6.07, 6.45) is 0.601. The van der Waals surface area contributed by atoms with Gasteiger partial charge in [0.05, 0.1) is 0 Å². The molecule has 26 heavy (non-hydrogen) atoms. The Labute approximate surface area is 153 Å². The summed E-state index contributed by atoms with van der Waals surface area (Å²) in [5.74, 6) is -0.717. The second kappa shape index (κ2) is 8.99. The van der Waals surface area contributed by atoms with Crippen molar-refractivity contribution in [1.82, 2.24) is 5.32 Å². The van der Waals surface area contributed by atoms with Gasteiger partial charge in [0.15, 0.2) is 0 Å². The van der Waals surface area contributed by atoms with Crippen molar-refractivity contribution in [2.45, 2.75) is 13.3 Å². The maximum atomic E-state index is 12.9. The first kappa shape index (κ1) is 19.4. The summed E-state index contributed by atoms with van der Waals surface area (Å²) in [4.78, 5) is 27.5. The molecular weight excluding hydrogens is 333 g/mol. The summed E-state index contributed by atoms with van der Waals surface area (Å²) in [5.41, 5.74) is 2.63. The quantitative estimate of drug-likeness (QED) is 0.829. The molecule has 0 atom stereocenters. The molecule has 2 rings (SSSR count). The lowest BCUT2D eigenvalue weighted by atomic mass is 10.1. The van der Waals surface area contributed by atoms with Crippen LogP contribution in [0, 0.1) is 5.82 Å². The number of amides is 2. The van der Waals surface area contributed by atoms with Crippen molar-refractivity contribution in [2.75, 3.05) is 37.0 Å². The van der Waals surface area contributed by atoms with Crippen LogP contribution in [0.3, 0.4) is 0 Å². The zero-order valence-corrected chi connectivity index (χ0v) is 15.3. The van der Waals surface area contributed by atoms with Crippen molar-refractivity contribution in [1.29, 1.82) is 0 Å². The molecule has 0 bridgehead atoms. The van der Waals surface area contributed by atoms with Crippen LogP contribution in [0.1, 0.15) is 12.5 Å². The molecule has 2 aromatic rings. The number of halogens is 1. The standard InChI is InChI=1S/C20H24FN3O2/c1-15(25)24(19-10-8-18(9-11-19)23(2)3)14-20(26)22-13-12-16-4-6-17(21)7-5-16/h4-11H,12-14H2,1-3H3,(H,22,26). The van der Waals surface area contributed by atoms with Gasteiger partial charge < -0.3 is 15.1 Å². The van der Waals surface area contributed by atoms with E-state index in [4.69, 9.17) is 0 Å². The van der Waals surface area contributed by atoms with Gasteiger partial charge in [0.25, 0.3) is 0 Å².